The predicted molar refractivity (Wildman–Crippen MR) is 163 cm³/mol. The number of benzene rings is 5. The summed E-state index contributed by atoms with van der Waals surface area (Å²) in [4.78, 5) is 41.3. The molecule has 1 atom stereocenters. The Morgan fingerprint density at radius 2 is 1.19 bits per heavy atom. The Morgan fingerprint density at radius 3 is 1.70 bits per heavy atom. The third kappa shape index (κ3) is 5.44. The summed E-state index contributed by atoms with van der Waals surface area (Å²) in [6.45, 7) is 0. The largest absolute Gasteiger partial charge is 0.475 e. The van der Waals surface area contributed by atoms with Gasteiger partial charge in [0, 0.05) is 23.4 Å². The van der Waals surface area contributed by atoms with Crippen molar-refractivity contribution >= 4 is 23.1 Å². The number of ketones is 1. The van der Waals surface area contributed by atoms with E-state index in [-0.39, 0.29) is 22.6 Å². The van der Waals surface area contributed by atoms with Crippen molar-refractivity contribution in [1.82, 2.24) is 0 Å². The SMILES string of the molecule is O=C(C1=C(OC(c2ccccc2)c2ccccc2)C(=O)N(c2ccccc2)[C@H]1c1ccccc1)c1ccc([N+](=O)[O-])cc1. The van der Waals surface area contributed by atoms with E-state index in [1.165, 1.54) is 24.3 Å². The van der Waals surface area contributed by atoms with Crippen LogP contribution in [0.4, 0.5) is 11.4 Å². The summed E-state index contributed by atoms with van der Waals surface area (Å²) in [7, 11) is 0. The number of hydrogen-bond acceptors (Lipinski definition) is 5. The Balaban J connectivity index is 1.56. The van der Waals surface area contributed by atoms with E-state index >= 15 is 0 Å². The maximum atomic E-state index is 14.5. The molecule has 0 bridgehead atoms. The minimum absolute atomic E-state index is 0.0706. The van der Waals surface area contributed by atoms with Gasteiger partial charge in [-0.25, -0.2) is 0 Å². The van der Waals surface area contributed by atoms with E-state index in [0.29, 0.717) is 5.69 Å². The first-order valence-corrected chi connectivity index (χ1v) is 13.8. The minimum atomic E-state index is -0.805. The number of anilines is 1. The van der Waals surface area contributed by atoms with Crippen molar-refractivity contribution in [2.75, 3.05) is 4.90 Å². The summed E-state index contributed by atoms with van der Waals surface area (Å²) in [6.07, 6.45) is -0.687. The highest BCUT2D eigenvalue weighted by Gasteiger charge is 2.46. The Morgan fingerprint density at radius 1 is 0.698 bits per heavy atom. The van der Waals surface area contributed by atoms with Gasteiger partial charge in [0.25, 0.3) is 11.6 Å². The lowest BCUT2D eigenvalue weighted by Crippen LogP contribution is -2.31. The molecule has 1 aliphatic rings. The number of nitro benzene ring substituents is 1. The number of rotatable bonds is 9. The van der Waals surface area contributed by atoms with Crippen LogP contribution in [0.3, 0.4) is 0 Å². The molecule has 43 heavy (non-hydrogen) atoms. The molecule has 0 spiro atoms. The molecule has 1 heterocycles. The standard InChI is InChI=1S/C36H26N2O5/c39-33(26-21-23-30(24-22-26)38(41)42)31-32(25-13-5-1-6-14-25)37(29-19-11-4-12-20-29)36(40)35(31)43-34(27-15-7-2-8-16-27)28-17-9-3-10-18-28/h1-24,32,34H/t32-/m0/s1. The van der Waals surface area contributed by atoms with Crippen molar-refractivity contribution in [1.29, 1.82) is 0 Å². The molecule has 1 aliphatic heterocycles. The van der Waals surface area contributed by atoms with Crippen LogP contribution in [0.2, 0.25) is 0 Å². The van der Waals surface area contributed by atoms with Crippen molar-refractivity contribution < 1.29 is 19.2 Å². The maximum absolute atomic E-state index is 14.5. The van der Waals surface area contributed by atoms with Crippen LogP contribution in [-0.2, 0) is 9.53 Å². The molecule has 1 amide bonds. The van der Waals surface area contributed by atoms with Crippen molar-refractivity contribution in [2.24, 2.45) is 0 Å². The molecule has 0 N–H and O–H groups in total. The van der Waals surface area contributed by atoms with E-state index in [1.54, 1.807) is 4.90 Å². The van der Waals surface area contributed by atoms with Crippen LogP contribution in [0.1, 0.15) is 39.2 Å². The van der Waals surface area contributed by atoms with Gasteiger partial charge in [-0.1, -0.05) is 109 Å². The zero-order chi connectivity index (χ0) is 29.8. The fourth-order valence-electron chi connectivity index (χ4n) is 5.33. The minimum Gasteiger partial charge on any atom is -0.475 e. The number of Topliss-reactive ketones (excluding diaryl/α,β-unsaturated/α-hetero) is 1. The van der Waals surface area contributed by atoms with E-state index in [1.807, 2.05) is 121 Å². The average molecular weight is 567 g/mol. The summed E-state index contributed by atoms with van der Waals surface area (Å²) in [6, 6.07) is 42.1. The van der Waals surface area contributed by atoms with Crippen molar-refractivity contribution in [2.45, 2.75) is 12.1 Å². The number of para-hydroxylation sites is 1. The van der Waals surface area contributed by atoms with Gasteiger partial charge in [0.2, 0.25) is 0 Å². The monoisotopic (exact) mass is 566 g/mol. The van der Waals surface area contributed by atoms with E-state index in [9.17, 15) is 19.7 Å². The quantitative estimate of drug-likeness (QED) is 0.104. The van der Waals surface area contributed by atoms with Crippen molar-refractivity contribution in [3.8, 4) is 0 Å². The number of nitrogens with zero attached hydrogens (tertiary/aromatic N) is 2. The molecule has 0 saturated heterocycles. The van der Waals surface area contributed by atoms with Crippen LogP contribution in [0.15, 0.2) is 157 Å². The Kier molecular flexibility index (Phi) is 7.61. The molecule has 0 aliphatic carbocycles. The van der Waals surface area contributed by atoms with Crippen LogP contribution in [0, 0.1) is 10.1 Å². The zero-order valence-corrected chi connectivity index (χ0v) is 22.9. The normalized spacial score (nSPS) is 14.7. The molecule has 0 saturated carbocycles. The van der Waals surface area contributed by atoms with Gasteiger partial charge in [-0.05, 0) is 41.0 Å². The summed E-state index contributed by atoms with van der Waals surface area (Å²) in [5.74, 6) is -0.980. The second kappa shape index (κ2) is 12.0. The van der Waals surface area contributed by atoms with Crippen LogP contribution in [0.25, 0.3) is 0 Å². The third-order valence-corrected chi connectivity index (χ3v) is 7.36. The highest BCUT2D eigenvalue weighted by molar-refractivity contribution is 6.21. The van der Waals surface area contributed by atoms with Gasteiger partial charge in [0.15, 0.2) is 11.5 Å². The zero-order valence-electron chi connectivity index (χ0n) is 22.9. The molecule has 5 aromatic rings. The number of nitro groups is 1. The van der Waals surface area contributed by atoms with Crippen LogP contribution in [0.5, 0.6) is 0 Å². The molecule has 0 aromatic heterocycles. The van der Waals surface area contributed by atoms with Gasteiger partial charge in [-0.3, -0.25) is 24.6 Å². The second-order valence-electron chi connectivity index (χ2n) is 10.0. The van der Waals surface area contributed by atoms with Crippen LogP contribution >= 0.6 is 0 Å². The van der Waals surface area contributed by atoms with Crippen molar-refractivity contribution in [3.63, 3.8) is 0 Å². The number of carbonyl (C=O) groups is 2. The average Bonchev–Trinajstić information content (AvgIpc) is 3.36. The summed E-state index contributed by atoms with van der Waals surface area (Å²) < 4.78 is 6.68. The molecular weight excluding hydrogens is 540 g/mol. The topological polar surface area (TPSA) is 89.8 Å². The van der Waals surface area contributed by atoms with E-state index in [2.05, 4.69) is 0 Å². The predicted octanol–water partition coefficient (Wildman–Crippen LogP) is 7.63. The number of amides is 1. The lowest BCUT2D eigenvalue weighted by Gasteiger charge is -2.27. The molecule has 0 unspecified atom stereocenters. The molecule has 6 rings (SSSR count). The third-order valence-electron chi connectivity index (χ3n) is 7.36. The first-order valence-electron chi connectivity index (χ1n) is 13.8. The van der Waals surface area contributed by atoms with Crippen molar-refractivity contribution in [3.05, 3.63) is 189 Å². The van der Waals surface area contributed by atoms with Gasteiger partial charge in [0.1, 0.15) is 6.10 Å². The highest BCUT2D eigenvalue weighted by atomic mass is 16.6. The van der Waals surface area contributed by atoms with Crippen LogP contribution < -0.4 is 4.90 Å². The Labute approximate surface area is 248 Å². The second-order valence-corrected chi connectivity index (χ2v) is 10.0. The molecular formula is C36H26N2O5. The van der Waals surface area contributed by atoms with Gasteiger partial charge < -0.3 is 4.74 Å². The van der Waals surface area contributed by atoms with E-state index in [0.717, 1.165) is 16.7 Å². The molecule has 7 heteroatoms. The maximum Gasteiger partial charge on any atom is 0.294 e. The lowest BCUT2D eigenvalue weighted by atomic mass is 9.92. The molecule has 7 nitrogen and oxygen atoms in total. The highest BCUT2D eigenvalue weighted by Crippen LogP contribution is 2.45. The fourth-order valence-corrected chi connectivity index (χ4v) is 5.33. The summed E-state index contributed by atoms with van der Waals surface area (Å²) >= 11 is 0. The summed E-state index contributed by atoms with van der Waals surface area (Å²) in [5, 5.41) is 11.3. The molecule has 5 aromatic carbocycles. The Bertz CT molecular complexity index is 1750. The number of ether oxygens (including phenoxy) is 1. The molecule has 0 fully saturated rings. The molecule has 210 valence electrons. The number of non-ortho nitro benzene ring substituents is 1. The van der Waals surface area contributed by atoms with Gasteiger partial charge >= 0.3 is 0 Å². The Hall–Kier alpha value is -5.82. The van der Waals surface area contributed by atoms with Crippen LogP contribution in [-0.4, -0.2) is 16.6 Å². The van der Waals surface area contributed by atoms with E-state index < -0.39 is 28.8 Å². The first-order chi connectivity index (χ1) is 21.0. The van der Waals surface area contributed by atoms with E-state index in [4.69, 9.17) is 4.74 Å². The lowest BCUT2D eigenvalue weighted by molar-refractivity contribution is -0.384. The number of hydrogen-bond donors (Lipinski definition) is 0. The van der Waals surface area contributed by atoms with Gasteiger partial charge in [-0.15, -0.1) is 0 Å². The molecule has 0 radical (unpaired) electrons. The fraction of sp³-hybridized carbons (Fsp3) is 0.0556. The van der Waals surface area contributed by atoms with Gasteiger partial charge in [0.05, 0.1) is 16.5 Å². The smallest absolute Gasteiger partial charge is 0.294 e. The van der Waals surface area contributed by atoms with Gasteiger partial charge in [-0.2, -0.15) is 0 Å². The number of carbonyl (C=O) groups excluding carboxylic acids is 2. The first kappa shape index (κ1) is 27.4. The summed E-state index contributed by atoms with van der Waals surface area (Å²) in [5.41, 5.74) is 3.18.